The van der Waals surface area contributed by atoms with Crippen LogP contribution < -0.4 is 14.8 Å². The number of pyridine rings is 1. The van der Waals surface area contributed by atoms with Crippen molar-refractivity contribution in [1.82, 2.24) is 15.2 Å². The number of amides is 2. The van der Waals surface area contributed by atoms with Gasteiger partial charge in [0.2, 0.25) is 5.91 Å². The maximum Gasteiger partial charge on any atom is 0.255 e. The second-order valence-electron chi connectivity index (χ2n) is 7.10. The lowest BCUT2D eigenvalue weighted by Gasteiger charge is -2.33. The Hall–Kier alpha value is -3.09. The van der Waals surface area contributed by atoms with E-state index >= 15 is 0 Å². The number of ether oxygens (including phenoxy) is 2. The number of aromatic nitrogens is 1. The highest BCUT2D eigenvalue weighted by molar-refractivity contribution is 5.97. The van der Waals surface area contributed by atoms with Crippen molar-refractivity contribution < 1.29 is 19.1 Å². The minimum absolute atomic E-state index is 0.0780. The fraction of sp³-hybridized carbons (Fsp3) is 0.409. The van der Waals surface area contributed by atoms with Gasteiger partial charge in [-0.1, -0.05) is 12.1 Å². The Bertz CT molecular complexity index is 841. The van der Waals surface area contributed by atoms with Gasteiger partial charge in [0.15, 0.2) is 11.5 Å². The lowest BCUT2D eigenvalue weighted by atomic mass is 9.97. The quantitative estimate of drug-likeness (QED) is 0.775. The van der Waals surface area contributed by atoms with Crippen molar-refractivity contribution in [2.24, 2.45) is 5.92 Å². The van der Waals surface area contributed by atoms with Crippen molar-refractivity contribution in [1.29, 1.82) is 0 Å². The molecule has 1 saturated heterocycles. The van der Waals surface area contributed by atoms with Crippen molar-refractivity contribution in [3.05, 3.63) is 53.9 Å². The molecule has 0 aliphatic carbocycles. The molecule has 0 saturated carbocycles. The van der Waals surface area contributed by atoms with Crippen molar-refractivity contribution in [3.8, 4) is 11.5 Å². The van der Waals surface area contributed by atoms with Crippen LogP contribution in [0.4, 0.5) is 0 Å². The molecule has 1 N–H and O–H groups in total. The predicted molar refractivity (Wildman–Crippen MR) is 109 cm³/mol. The summed E-state index contributed by atoms with van der Waals surface area (Å²) in [5, 5.41) is 2.98. The average Bonchev–Trinajstić information content (AvgIpc) is 2.77. The first-order valence-corrected chi connectivity index (χ1v) is 9.79. The highest BCUT2D eigenvalue weighted by Gasteiger charge is 2.25. The molecular formula is C22H27N3O4. The number of para-hydroxylation sites is 1. The van der Waals surface area contributed by atoms with E-state index in [4.69, 9.17) is 9.47 Å². The summed E-state index contributed by atoms with van der Waals surface area (Å²) in [6, 6.07) is 10.8. The number of nitrogens with zero attached hydrogens (tertiary/aromatic N) is 2. The molecule has 3 rings (SSSR count). The molecule has 0 spiro atoms. The van der Waals surface area contributed by atoms with Gasteiger partial charge in [-0.2, -0.15) is 0 Å². The number of methoxy groups -OCH3 is 2. The molecule has 2 heterocycles. The van der Waals surface area contributed by atoms with Gasteiger partial charge < -0.3 is 19.7 Å². The van der Waals surface area contributed by atoms with Gasteiger partial charge in [-0.3, -0.25) is 14.6 Å². The van der Waals surface area contributed by atoms with Gasteiger partial charge in [-0.25, -0.2) is 0 Å². The molecule has 0 bridgehead atoms. The molecule has 7 nitrogen and oxygen atoms in total. The number of carbonyl (C=O) groups is 2. The predicted octanol–water partition coefficient (Wildman–Crippen LogP) is 2.31. The highest BCUT2D eigenvalue weighted by Crippen LogP contribution is 2.30. The van der Waals surface area contributed by atoms with E-state index in [-0.39, 0.29) is 17.7 Å². The van der Waals surface area contributed by atoms with Crippen LogP contribution in [0.1, 0.15) is 28.9 Å². The lowest BCUT2D eigenvalue weighted by Crippen LogP contribution is -2.44. The minimum Gasteiger partial charge on any atom is -0.493 e. The maximum absolute atomic E-state index is 12.7. The number of rotatable bonds is 7. The number of benzene rings is 1. The number of hydrogen-bond donors (Lipinski definition) is 1. The smallest absolute Gasteiger partial charge is 0.255 e. The van der Waals surface area contributed by atoms with Gasteiger partial charge in [0.25, 0.3) is 5.91 Å². The average molecular weight is 397 g/mol. The summed E-state index contributed by atoms with van der Waals surface area (Å²) in [7, 11) is 3.05. The van der Waals surface area contributed by atoms with E-state index in [9.17, 15) is 9.59 Å². The van der Waals surface area contributed by atoms with Crippen LogP contribution in [0.2, 0.25) is 0 Å². The van der Waals surface area contributed by atoms with Crippen molar-refractivity contribution >= 4 is 11.8 Å². The fourth-order valence-corrected chi connectivity index (χ4v) is 3.63. The van der Waals surface area contributed by atoms with E-state index in [2.05, 4.69) is 10.3 Å². The van der Waals surface area contributed by atoms with Crippen molar-refractivity contribution in [3.63, 3.8) is 0 Å². The summed E-state index contributed by atoms with van der Waals surface area (Å²) in [6.07, 6.45) is 3.91. The molecule has 29 heavy (non-hydrogen) atoms. The van der Waals surface area contributed by atoms with Crippen LogP contribution in [-0.2, 0) is 11.2 Å². The van der Waals surface area contributed by atoms with Crippen LogP contribution in [0.5, 0.6) is 11.5 Å². The van der Waals surface area contributed by atoms with Crippen LogP contribution in [0.15, 0.2) is 42.6 Å². The topological polar surface area (TPSA) is 80.8 Å². The van der Waals surface area contributed by atoms with Gasteiger partial charge >= 0.3 is 0 Å². The zero-order chi connectivity index (χ0) is 20.6. The summed E-state index contributed by atoms with van der Waals surface area (Å²) in [5.74, 6) is 1.02. The van der Waals surface area contributed by atoms with Crippen molar-refractivity contribution in [2.75, 3.05) is 33.9 Å². The highest BCUT2D eigenvalue weighted by atomic mass is 16.5. The van der Waals surface area contributed by atoms with Gasteiger partial charge in [-0.05, 0) is 43.0 Å². The fourth-order valence-electron chi connectivity index (χ4n) is 3.63. The molecule has 1 aliphatic heterocycles. The Morgan fingerprint density at radius 2 is 2.03 bits per heavy atom. The number of carbonyl (C=O) groups excluding carboxylic acids is 2. The van der Waals surface area contributed by atoms with Gasteiger partial charge in [0.05, 0.1) is 26.2 Å². The second kappa shape index (κ2) is 9.91. The third-order valence-corrected chi connectivity index (χ3v) is 5.13. The number of piperidine rings is 1. The number of hydrogen-bond acceptors (Lipinski definition) is 5. The molecule has 1 atom stereocenters. The van der Waals surface area contributed by atoms with Crippen molar-refractivity contribution in [2.45, 2.75) is 19.3 Å². The summed E-state index contributed by atoms with van der Waals surface area (Å²) in [6.45, 7) is 1.90. The normalized spacial score (nSPS) is 16.2. The van der Waals surface area contributed by atoms with Crippen LogP contribution in [0.3, 0.4) is 0 Å². The molecule has 2 aromatic rings. The zero-order valence-corrected chi connectivity index (χ0v) is 16.9. The third-order valence-electron chi connectivity index (χ3n) is 5.13. The first-order valence-electron chi connectivity index (χ1n) is 9.79. The van der Waals surface area contributed by atoms with Crippen LogP contribution in [0, 0.1) is 5.92 Å². The molecule has 7 heteroatoms. The molecule has 1 aromatic carbocycles. The summed E-state index contributed by atoms with van der Waals surface area (Å²) in [4.78, 5) is 31.4. The Balaban J connectivity index is 1.56. The monoisotopic (exact) mass is 397 g/mol. The van der Waals surface area contributed by atoms with E-state index < -0.39 is 0 Å². The van der Waals surface area contributed by atoms with Crippen LogP contribution >= 0.6 is 0 Å². The molecule has 2 amide bonds. The second-order valence-corrected chi connectivity index (χ2v) is 7.10. The molecule has 154 valence electrons. The lowest BCUT2D eigenvalue weighted by molar-refractivity contribution is -0.132. The Morgan fingerprint density at radius 1 is 1.17 bits per heavy atom. The largest absolute Gasteiger partial charge is 0.493 e. The molecular weight excluding hydrogens is 370 g/mol. The summed E-state index contributed by atoms with van der Waals surface area (Å²) >= 11 is 0. The van der Waals surface area contributed by atoms with E-state index in [0.717, 1.165) is 25.1 Å². The van der Waals surface area contributed by atoms with E-state index in [1.54, 1.807) is 24.4 Å². The SMILES string of the molecule is COc1cccc(C(=O)NCC2CCCN(C(=O)Cc3ccccn3)C2)c1OC. The van der Waals surface area contributed by atoms with E-state index in [0.29, 0.717) is 36.6 Å². The van der Waals surface area contributed by atoms with Gasteiger partial charge in [-0.15, -0.1) is 0 Å². The standard InChI is InChI=1S/C22H27N3O4/c1-28-19-10-5-9-18(21(19)29-2)22(27)24-14-16-7-6-12-25(15-16)20(26)13-17-8-3-4-11-23-17/h3-5,8-11,16H,6-7,12-15H2,1-2H3,(H,24,27). The van der Waals surface area contributed by atoms with E-state index in [1.165, 1.54) is 14.2 Å². The Labute approximate surface area is 171 Å². The first kappa shape index (κ1) is 20.6. The summed E-state index contributed by atoms with van der Waals surface area (Å²) < 4.78 is 10.6. The number of nitrogens with one attached hydrogen (secondary N) is 1. The van der Waals surface area contributed by atoms with E-state index in [1.807, 2.05) is 23.1 Å². The molecule has 1 aliphatic rings. The first-order chi connectivity index (χ1) is 14.1. The maximum atomic E-state index is 12.7. The Kier molecular flexibility index (Phi) is 7.05. The van der Waals surface area contributed by atoms with Gasteiger partial charge in [0, 0.05) is 31.5 Å². The minimum atomic E-state index is -0.210. The van der Waals surface area contributed by atoms with Gasteiger partial charge in [0.1, 0.15) is 0 Å². The van der Waals surface area contributed by atoms with Crippen LogP contribution in [0.25, 0.3) is 0 Å². The zero-order valence-electron chi connectivity index (χ0n) is 16.9. The molecule has 1 unspecified atom stereocenters. The Morgan fingerprint density at radius 3 is 2.76 bits per heavy atom. The van der Waals surface area contributed by atoms with Crippen LogP contribution in [-0.4, -0.2) is 55.6 Å². The molecule has 1 fully saturated rings. The molecule has 1 aromatic heterocycles. The third kappa shape index (κ3) is 5.25. The molecule has 0 radical (unpaired) electrons. The number of likely N-dealkylation sites (tertiary alicyclic amines) is 1. The summed E-state index contributed by atoms with van der Waals surface area (Å²) in [5.41, 5.74) is 1.21.